The van der Waals surface area contributed by atoms with Crippen molar-refractivity contribution in [2.45, 2.75) is 6.36 Å². The van der Waals surface area contributed by atoms with Crippen molar-refractivity contribution in [2.24, 2.45) is 4.99 Å². The summed E-state index contributed by atoms with van der Waals surface area (Å²) in [6.07, 6.45) is -2.51. The number of hydrogen-bond donors (Lipinski definition) is 1. The van der Waals surface area contributed by atoms with Crippen molar-refractivity contribution in [3.8, 4) is 22.8 Å². The van der Waals surface area contributed by atoms with E-state index in [2.05, 4.69) is 31.8 Å². The third kappa shape index (κ3) is 5.28. The van der Waals surface area contributed by atoms with Crippen LogP contribution < -0.4 is 10.1 Å². The summed E-state index contributed by atoms with van der Waals surface area (Å²) in [4.78, 5) is 18.2. The van der Waals surface area contributed by atoms with E-state index in [1.807, 2.05) is 0 Å². The van der Waals surface area contributed by atoms with Crippen LogP contribution >= 0.6 is 0 Å². The molecule has 11 heteroatoms. The van der Waals surface area contributed by atoms with Gasteiger partial charge in [0.05, 0.1) is 5.69 Å². The van der Waals surface area contributed by atoms with E-state index in [9.17, 15) is 22.4 Å². The molecule has 2 amide bonds. The van der Waals surface area contributed by atoms with Gasteiger partial charge in [-0.25, -0.2) is 23.8 Å². The first kappa shape index (κ1) is 20.7. The summed E-state index contributed by atoms with van der Waals surface area (Å²) in [5, 5.41) is 6.37. The molecule has 2 aromatic carbocycles. The van der Waals surface area contributed by atoms with Crippen LogP contribution in [-0.4, -0.2) is 33.9 Å². The number of carbonyl (C=O) groups excluding carboxylic acids is 1. The summed E-state index contributed by atoms with van der Waals surface area (Å²) in [7, 11) is 0. The van der Waals surface area contributed by atoms with E-state index >= 15 is 0 Å². The lowest BCUT2D eigenvalue weighted by Gasteiger charge is -2.09. The van der Waals surface area contributed by atoms with Gasteiger partial charge in [0.1, 0.15) is 17.9 Å². The number of nitrogens with zero attached hydrogens (tertiary/aromatic N) is 4. The Kier molecular flexibility index (Phi) is 5.90. The average molecular weight is 419 g/mol. The molecular formula is C19H13F4N5O2. The first-order chi connectivity index (χ1) is 14.2. The average Bonchev–Trinajstić information content (AvgIpc) is 3.21. The molecule has 0 radical (unpaired) electrons. The number of nitrogens with one attached hydrogen (secondary N) is 1. The number of aromatic nitrogens is 3. The maximum Gasteiger partial charge on any atom is 0.573 e. The molecule has 0 aliphatic carbocycles. The number of halogens is 4. The molecule has 1 heterocycles. The Balaban J connectivity index is 1.73. The lowest BCUT2D eigenvalue weighted by molar-refractivity contribution is -0.274. The summed E-state index contributed by atoms with van der Waals surface area (Å²) in [6.45, 7) is 3.02. The highest BCUT2D eigenvalue weighted by atomic mass is 19.4. The quantitative estimate of drug-likeness (QED) is 0.487. The van der Waals surface area contributed by atoms with Crippen molar-refractivity contribution in [3.63, 3.8) is 0 Å². The monoisotopic (exact) mass is 419 g/mol. The molecule has 3 rings (SSSR count). The van der Waals surface area contributed by atoms with E-state index in [0.717, 1.165) is 18.3 Å². The number of benzene rings is 2. The predicted molar refractivity (Wildman–Crippen MR) is 101 cm³/mol. The number of rotatable bonds is 5. The summed E-state index contributed by atoms with van der Waals surface area (Å²) in [6, 6.07) is 10.4. The topological polar surface area (TPSA) is 81.4 Å². The second kappa shape index (κ2) is 8.55. The first-order valence-corrected chi connectivity index (χ1v) is 8.27. The number of hydrogen-bond acceptors (Lipinski definition) is 4. The van der Waals surface area contributed by atoms with E-state index < -0.39 is 18.2 Å². The highest BCUT2D eigenvalue weighted by Crippen LogP contribution is 2.24. The lowest BCUT2D eigenvalue weighted by atomic mass is 10.1. The van der Waals surface area contributed by atoms with Gasteiger partial charge in [-0.2, -0.15) is 0 Å². The smallest absolute Gasteiger partial charge is 0.406 e. The van der Waals surface area contributed by atoms with Gasteiger partial charge >= 0.3 is 12.4 Å². The van der Waals surface area contributed by atoms with Gasteiger partial charge in [-0.05, 0) is 31.0 Å². The van der Waals surface area contributed by atoms with E-state index in [-0.39, 0.29) is 11.3 Å². The standard InChI is InChI=1S/C19H13F4N5O2/c1-24-18(29)25-10-16(20)12-2-4-13(5-3-12)17-26-11-28(27-17)14-6-8-15(9-7-14)30-19(21,22)23/h2-11H,1H2,(H,25,29)/b16-10-. The summed E-state index contributed by atoms with van der Waals surface area (Å²) in [5.41, 5.74) is 1.27. The van der Waals surface area contributed by atoms with Gasteiger partial charge in [-0.15, -0.1) is 18.3 Å². The van der Waals surface area contributed by atoms with Crippen molar-refractivity contribution in [1.82, 2.24) is 20.1 Å². The zero-order valence-corrected chi connectivity index (χ0v) is 15.1. The Morgan fingerprint density at radius 3 is 2.40 bits per heavy atom. The largest absolute Gasteiger partial charge is 0.573 e. The Labute approximate surface area is 167 Å². The Bertz CT molecular complexity index is 1070. The zero-order valence-electron chi connectivity index (χ0n) is 15.1. The molecule has 0 unspecified atom stereocenters. The molecule has 30 heavy (non-hydrogen) atoms. The number of alkyl halides is 3. The van der Waals surface area contributed by atoms with Gasteiger partial charge in [0.2, 0.25) is 0 Å². The lowest BCUT2D eigenvalue weighted by Crippen LogP contribution is -2.17. The number of aliphatic imine (C=N–C) groups is 1. The Morgan fingerprint density at radius 2 is 1.80 bits per heavy atom. The molecule has 0 saturated carbocycles. The number of urea groups is 1. The highest BCUT2D eigenvalue weighted by molar-refractivity contribution is 5.80. The maximum atomic E-state index is 14.0. The predicted octanol–water partition coefficient (Wildman–Crippen LogP) is 4.51. The minimum atomic E-state index is -4.77. The molecule has 0 bridgehead atoms. The van der Waals surface area contributed by atoms with E-state index in [4.69, 9.17) is 0 Å². The molecule has 0 fully saturated rings. The van der Waals surface area contributed by atoms with Crippen LogP contribution in [-0.2, 0) is 0 Å². The molecule has 0 aliphatic rings. The number of ether oxygens (including phenoxy) is 1. The van der Waals surface area contributed by atoms with Crippen molar-refractivity contribution in [2.75, 3.05) is 0 Å². The van der Waals surface area contributed by atoms with Crippen LogP contribution in [0.25, 0.3) is 22.9 Å². The Morgan fingerprint density at radius 1 is 1.13 bits per heavy atom. The van der Waals surface area contributed by atoms with Crippen molar-refractivity contribution < 1.29 is 27.1 Å². The normalized spacial score (nSPS) is 11.8. The third-order valence-corrected chi connectivity index (χ3v) is 3.71. The van der Waals surface area contributed by atoms with Crippen LogP contribution in [0.15, 0.2) is 66.1 Å². The van der Waals surface area contributed by atoms with Crippen LogP contribution in [0.2, 0.25) is 0 Å². The van der Waals surface area contributed by atoms with Crippen LogP contribution in [0.1, 0.15) is 5.56 Å². The fourth-order valence-electron chi connectivity index (χ4n) is 2.35. The minimum absolute atomic E-state index is 0.211. The summed E-state index contributed by atoms with van der Waals surface area (Å²) >= 11 is 0. The van der Waals surface area contributed by atoms with Crippen molar-refractivity contribution in [1.29, 1.82) is 0 Å². The molecule has 0 atom stereocenters. The first-order valence-electron chi connectivity index (χ1n) is 8.27. The summed E-state index contributed by atoms with van der Waals surface area (Å²) < 4.78 is 55.9. The van der Waals surface area contributed by atoms with Gasteiger partial charge < -0.3 is 10.1 Å². The summed E-state index contributed by atoms with van der Waals surface area (Å²) in [5.74, 6) is -0.707. The SMILES string of the molecule is C=NC(=O)N/C=C(\F)c1ccc(-c2ncn(-c3ccc(OC(F)(F)F)cc3)n2)cc1. The fourth-order valence-corrected chi connectivity index (χ4v) is 2.35. The van der Waals surface area contributed by atoms with Gasteiger partial charge in [-0.3, -0.25) is 0 Å². The van der Waals surface area contributed by atoms with Gasteiger partial charge in [0.15, 0.2) is 5.82 Å². The molecule has 3 aromatic rings. The third-order valence-electron chi connectivity index (χ3n) is 3.71. The molecule has 7 nitrogen and oxygen atoms in total. The van der Waals surface area contributed by atoms with Crippen LogP contribution in [0.5, 0.6) is 5.75 Å². The molecule has 154 valence electrons. The van der Waals surface area contributed by atoms with Crippen LogP contribution in [0, 0.1) is 0 Å². The molecular weight excluding hydrogens is 406 g/mol. The van der Waals surface area contributed by atoms with E-state index in [1.54, 1.807) is 12.1 Å². The van der Waals surface area contributed by atoms with Crippen LogP contribution in [0.4, 0.5) is 22.4 Å². The highest BCUT2D eigenvalue weighted by Gasteiger charge is 2.31. The van der Waals surface area contributed by atoms with Gasteiger partial charge in [-0.1, -0.05) is 24.3 Å². The molecule has 0 aliphatic heterocycles. The number of carbonyl (C=O) groups is 1. The zero-order chi connectivity index (χ0) is 21.7. The molecule has 0 spiro atoms. The second-order valence-corrected chi connectivity index (χ2v) is 5.73. The molecule has 1 aromatic heterocycles. The van der Waals surface area contributed by atoms with E-state index in [0.29, 0.717) is 17.1 Å². The van der Waals surface area contributed by atoms with Gasteiger partial charge in [0.25, 0.3) is 0 Å². The van der Waals surface area contributed by atoms with Crippen LogP contribution in [0.3, 0.4) is 0 Å². The maximum absolute atomic E-state index is 14.0. The second-order valence-electron chi connectivity index (χ2n) is 5.73. The molecule has 0 saturated heterocycles. The molecule has 1 N–H and O–H groups in total. The Hall–Kier alpha value is -4.02. The van der Waals surface area contributed by atoms with Crippen molar-refractivity contribution >= 4 is 18.6 Å². The fraction of sp³-hybridized carbons (Fsp3) is 0.0526. The van der Waals surface area contributed by atoms with Gasteiger partial charge in [0, 0.05) is 17.3 Å². The number of amides is 2. The van der Waals surface area contributed by atoms with E-state index in [1.165, 1.54) is 35.3 Å². The minimum Gasteiger partial charge on any atom is -0.406 e. The van der Waals surface area contributed by atoms with Crippen molar-refractivity contribution in [3.05, 3.63) is 66.6 Å².